The monoisotopic (exact) mass is 300 g/mol. The quantitative estimate of drug-likeness (QED) is 0.850. The van der Waals surface area contributed by atoms with E-state index in [4.69, 9.17) is 0 Å². The summed E-state index contributed by atoms with van der Waals surface area (Å²) < 4.78 is 26.7. The van der Waals surface area contributed by atoms with Crippen LogP contribution in [0.1, 0.15) is 24.8 Å². The summed E-state index contributed by atoms with van der Waals surface area (Å²) in [4.78, 5) is 2.26. The fourth-order valence-corrected chi connectivity index (χ4v) is 5.63. The molecule has 0 saturated carbocycles. The Morgan fingerprint density at radius 1 is 1.26 bits per heavy atom. The van der Waals surface area contributed by atoms with Crippen molar-refractivity contribution < 1.29 is 8.42 Å². The molecule has 2 saturated heterocycles. The third kappa shape index (κ3) is 2.86. The molecule has 0 spiro atoms. The van der Waals surface area contributed by atoms with E-state index in [2.05, 4.69) is 21.7 Å². The molecule has 0 aromatic carbocycles. The van der Waals surface area contributed by atoms with Gasteiger partial charge in [0, 0.05) is 26.2 Å². The van der Waals surface area contributed by atoms with Crippen molar-refractivity contribution in [2.45, 2.75) is 31.1 Å². The van der Waals surface area contributed by atoms with Crippen LogP contribution in [0.2, 0.25) is 0 Å². The van der Waals surface area contributed by atoms with Crippen molar-refractivity contribution >= 4 is 21.4 Å². The van der Waals surface area contributed by atoms with Crippen LogP contribution < -0.4 is 0 Å². The average Bonchev–Trinajstić information content (AvgIpc) is 3.12. The second-order valence-electron chi connectivity index (χ2n) is 5.43. The van der Waals surface area contributed by atoms with Crippen molar-refractivity contribution in [2.24, 2.45) is 0 Å². The third-order valence-electron chi connectivity index (χ3n) is 4.06. The van der Waals surface area contributed by atoms with Gasteiger partial charge in [-0.1, -0.05) is 0 Å². The molecule has 1 aromatic rings. The van der Waals surface area contributed by atoms with Crippen molar-refractivity contribution in [3.8, 4) is 0 Å². The topological polar surface area (TPSA) is 40.6 Å². The van der Waals surface area contributed by atoms with E-state index in [1.165, 1.54) is 5.56 Å². The van der Waals surface area contributed by atoms with E-state index in [1.54, 1.807) is 15.6 Å². The van der Waals surface area contributed by atoms with E-state index in [0.717, 1.165) is 45.4 Å². The van der Waals surface area contributed by atoms with Gasteiger partial charge < -0.3 is 0 Å². The van der Waals surface area contributed by atoms with Gasteiger partial charge in [-0.3, -0.25) is 4.90 Å². The smallest absolute Gasteiger partial charge is 0.218 e. The summed E-state index contributed by atoms with van der Waals surface area (Å²) in [5, 5.41) is 4.02. The van der Waals surface area contributed by atoms with Gasteiger partial charge in [-0.05, 0) is 48.2 Å². The van der Waals surface area contributed by atoms with Crippen LogP contribution >= 0.6 is 11.3 Å². The van der Waals surface area contributed by atoms with E-state index >= 15 is 0 Å². The zero-order valence-electron chi connectivity index (χ0n) is 11.0. The molecule has 2 aliphatic rings. The second-order valence-corrected chi connectivity index (χ2v) is 8.42. The predicted molar refractivity (Wildman–Crippen MR) is 77.7 cm³/mol. The van der Waals surface area contributed by atoms with Crippen molar-refractivity contribution in [3.63, 3.8) is 0 Å². The lowest BCUT2D eigenvalue weighted by atomic mass is 10.3. The number of likely N-dealkylation sites (tertiary alicyclic amines) is 1. The lowest BCUT2D eigenvalue weighted by Crippen LogP contribution is -2.38. The minimum absolute atomic E-state index is 0.191. The summed E-state index contributed by atoms with van der Waals surface area (Å²) in [6.45, 7) is 3.92. The summed E-state index contributed by atoms with van der Waals surface area (Å²) in [6, 6.07) is 2.12. The fraction of sp³-hybridized carbons (Fsp3) is 0.692. The van der Waals surface area contributed by atoms with Crippen LogP contribution in [0.3, 0.4) is 0 Å². The lowest BCUT2D eigenvalue weighted by molar-refractivity contribution is 0.330. The molecule has 0 radical (unpaired) electrons. The SMILES string of the molecule is O=S(=O)(C1CCN(Cc2ccsc2)C1)N1CCCC1. The van der Waals surface area contributed by atoms with Gasteiger partial charge in [-0.2, -0.15) is 11.3 Å². The summed E-state index contributed by atoms with van der Waals surface area (Å²) in [5.74, 6) is 0. The number of hydrogen-bond acceptors (Lipinski definition) is 4. The number of rotatable bonds is 4. The van der Waals surface area contributed by atoms with Crippen LogP contribution in [-0.4, -0.2) is 49.1 Å². The van der Waals surface area contributed by atoms with Crippen LogP contribution in [0.15, 0.2) is 16.8 Å². The van der Waals surface area contributed by atoms with Gasteiger partial charge in [0.05, 0.1) is 5.25 Å². The molecular formula is C13H20N2O2S2. The first-order valence-electron chi connectivity index (χ1n) is 6.88. The number of sulfonamides is 1. The molecule has 2 aliphatic heterocycles. The van der Waals surface area contributed by atoms with Gasteiger partial charge in [0.1, 0.15) is 0 Å². The Kier molecular flexibility index (Phi) is 3.93. The largest absolute Gasteiger partial charge is 0.298 e. The molecule has 19 heavy (non-hydrogen) atoms. The van der Waals surface area contributed by atoms with E-state index in [9.17, 15) is 8.42 Å². The minimum atomic E-state index is -3.06. The predicted octanol–water partition coefficient (Wildman–Crippen LogP) is 1.75. The average molecular weight is 300 g/mol. The van der Waals surface area contributed by atoms with E-state index in [1.807, 2.05) is 0 Å². The zero-order valence-corrected chi connectivity index (χ0v) is 12.6. The van der Waals surface area contributed by atoms with Gasteiger partial charge in [0.2, 0.25) is 10.0 Å². The van der Waals surface area contributed by atoms with Gasteiger partial charge in [-0.15, -0.1) is 0 Å². The summed E-state index contributed by atoms with van der Waals surface area (Å²) in [6.07, 6.45) is 2.82. The van der Waals surface area contributed by atoms with Crippen LogP contribution in [0.4, 0.5) is 0 Å². The maximum Gasteiger partial charge on any atom is 0.218 e. The van der Waals surface area contributed by atoms with E-state index in [-0.39, 0.29) is 5.25 Å². The molecule has 6 heteroatoms. The molecule has 1 aromatic heterocycles. The molecule has 0 bridgehead atoms. The van der Waals surface area contributed by atoms with Gasteiger partial charge in [-0.25, -0.2) is 12.7 Å². The summed E-state index contributed by atoms with van der Waals surface area (Å²) in [7, 11) is -3.06. The van der Waals surface area contributed by atoms with Crippen molar-refractivity contribution in [1.82, 2.24) is 9.21 Å². The van der Waals surface area contributed by atoms with Gasteiger partial charge in [0.25, 0.3) is 0 Å². The normalized spacial score (nSPS) is 26.2. The van der Waals surface area contributed by atoms with Crippen molar-refractivity contribution in [2.75, 3.05) is 26.2 Å². The summed E-state index contributed by atoms with van der Waals surface area (Å²) in [5.41, 5.74) is 1.30. The Morgan fingerprint density at radius 3 is 2.74 bits per heavy atom. The highest BCUT2D eigenvalue weighted by atomic mass is 32.2. The Morgan fingerprint density at radius 2 is 2.05 bits per heavy atom. The Hall–Kier alpha value is -0.430. The maximum atomic E-state index is 12.5. The molecule has 0 amide bonds. The fourth-order valence-electron chi connectivity index (χ4n) is 2.98. The standard InChI is InChI=1S/C13H20N2O2S2/c16-19(17,15-5-1-2-6-15)13-3-7-14(10-13)9-12-4-8-18-11-12/h4,8,11,13H,1-3,5-7,9-10H2. The first-order valence-corrected chi connectivity index (χ1v) is 9.33. The minimum Gasteiger partial charge on any atom is -0.298 e. The first kappa shape index (κ1) is 13.5. The van der Waals surface area contributed by atoms with Crippen LogP contribution in [0.25, 0.3) is 0 Å². The molecule has 0 N–H and O–H groups in total. The van der Waals surface area contributed by atoms with Crippen molar-refractivity contribution in [3.05, 3.63) is 22.4 Å². The van der Waals surface area contributed by atoms with Crippen molar-refractivity contribution in [1.29, 1.82) is 0 Å². The van der Waals surface area contributed by atoms with Gasteiger partial charge in [0.15, 0.2) is 0 Å². The maximum absolute atomic E-state index is 12.5. The van der Waals surface area contributed by atoms with E-state index < -0.39 is 10.0 Å². The second kappa shape index (κ2) is 5.52. The van der Waals surface area contributed by atoms with Crippen LogP contribution in [0, 0.1) is 0 Å². The lowest BCUT2D eigenvalue weighted by Gasteiger charge is -2.21. The highest BCUT2D eigenvalue weighted by Gasteiger charge is 2.37. The molecule has 3 heterocycles. The molecular weight excluding hydrogens is 280 g/mol. The number of nitrogens with zero attached hydrogens (tertiary/aromatic N) is 2. The van der Waals surface area contributed by atoms with Crippen LogP contribution in [-0.2, 0) is 16.6 Å². The van der Waals surface area contributed by atoms with E-state index in [0.29, 0.717) is 6.54 Å². The Bertz CT molecular complexity index is 507. The first-order chi connectivity index (χ1) is 9.16. The van der Waals surface area contributed by atoms with Crippen LogP contribution in [0.5, 0.6) is 0 Å². The number of hydrogen-bond donors (Lipinski definition) is 0. The zero-order chi connectivity index (χ0) is 13.3. The molecule has 2 fully saturated rings. The molecule has 106 valence electrons. The van der Waals surface area contributed by atoms with Gasteiger partial charge >= 0.3 is 0 Å². The molecule has 3 rings (SSSR count). The molecule has 1 atom stereocenters. The third-order valence-corrected chi connectivity index (χ3v) is 7.11. The molecule has 0 aliphatic carbocycles. The number of thiophene rings is 1. The summed E-state index contributed by atoms with van der Waals surface area (Å²) >= 11 is 1.70. The Balaban J connectivity index is 1.62. The Labute approximate surface area is 119 Å². The highest BCUT2D eigenvalue weighted by Crippen LogP contribution is 2.24. The molecule has 1 unspecified atom stereocenters. The highest BCUT2D eigenvalue weighted by molar-refractivity contribution is 7.89. The molecule has 4 nitrogen and oxygen atoms in total.